The van der Waals surface area contributed by atoms with Crippen LogP contribution in [0.2, 0.25) is 0 Å². The van der Waals surface area contributed by atoms with Crippen LogP contribution in [0.5, 0.6) is 0 Å². The number of carbonyl (C=O) groups is 1. The van der Waals surface area contributed by atoms with Gasteiger partial charge in [-0.2, -0.15) is 0 Å². The molecule has 1 spiro atoms. The van der Waals surface area contributed by atoms with Gasteiger partial charge in [0.25, 0.3) is 5.91 Å². The first-order valence-corrected chi connectivity index (χ1v) is 10.1. The van der Waals surface area contributed by atoms with Gasteiger partial charge in [0.05, 0.1) is 16.8 Å². The molecule has 2 fully saturated rings. The van der Waals surface area contributed by atoms with E-state index in [4.69, 9.17) is 9.26 Å². The molecule has 1 amide bonds. The number of likely N-dealkylation sites (tertiary alicyclic amines) is 1. The van der Waals surface area contributed by atoms with Gasteiger partial charge in [-0.1, -0.05) is 11.2 Å². The molecule has 2 aromatic heterocycles. The Morgan fingerprint density at radius 1 is 1.34 bits per heavy atom. The zero-order valence-electron chi connectivity index (χ0n) is 16.9. The van der Waals surface area contributed by atoms with Crippen LogP contribution in [-0.2, 0) is 11.3 Å². The maximum absolute atomic E-state index is 12.6. The Kier molecular flexibility index (Phi) is 5.42. The van der Waals surface area contributed by atoms with E-state index in [0.717, 1.165) is 25.3 Å². The summed E-state index contributed by atoms with van der Waals surface area (Å²) >= 11 is 0. The van der Waals surface area contributed by atoms with Gasteiger partial charge in [0.1, 0.15) is 11.9 Å². The summed E-state index contributed by atoms with van der Waals surface area (Å²) in [5.74, 6) is 0.234. The molecular weight excluding hydrogens is 372 g/mol. The monoisotopic (exact) mass is 400 g/mol. The fourth-order valence-electron chi connectivity index (χ4n) is 4.42. The van der Waals surface area contributed by atoms with E-state index < -0.39 is 17.2 Å². The first-order valence-electron chi connectivity index (χ1n) is 10.1. The second-order valence-corrected chi connectivity index (χ2v) is 8.36. The van der Waals surface area contributed by atoms with Gasteiger partial charge in [0.2, 0.25) is 0 Å². The molecule has 8 nitrogen and oxygen atoms in total. The maximum Gasteiger partial charge on any atom is 0.273 e. The number of aliphatic hydroxyl groups is 1. The van der Waals surface area contributed by atoms with E-state index in [1.54, 1.807) is 19.2 Å². The van der Waals surface area contributed by atoms with Crippen LogP contribution in [0.25, 0.3) is 0 Å². The Balaban J connectivity index is 1.41. The van der Waals surface area contributed by atoms with E-state index in [1.165, 1.54) is 0 Å². The summed E-state index contributed by atoms with van der Waals surface area (Å²) < 4.78 is 11.1. The number of aliphatic hydroxyl groups excluding tert-OH is 1. The molecule has 2 atom stereocenters. The summed E-state index contributed by atoms with van der Waals surface area (Å²) in [6.07, 6.45) is 2.94. The molecule has 0 bridgehead atoms. The number of amides is 1. The molecule has 0 radical (unpaired) electrons. The van der Waals surface area contributed by atoms with Crippen molar-refractivity contribution in [1.82, 2.24) is 20.4 Å². The van der Waals surface area contributed by atoms with E-state index in [-0.39, 0.29) is 11.6 Å². The number of aromatic nitrogens is 2. The van der Waals surface area contributed by atoms with Crippen LogP contribution in [0.15, 0.2) is 35.0 Å². The van der Waals surface area contributed by atoms with Gasteiger partial charge in [0.15, 0.2) is 5.69 Å². The van der Waals surface area contributed by atoms with E-state index >= 15 is 0 Å². The lowest BCUT2D eigenvalue weighted by atomic mass is 9.73. The second-order valence-electron chi connectivity index (χ2n) is 8.36. The number of piperidine rings is 1. The SMILES string of the molecule is Cc1cc(C(=O)N[C@@]2(C)CCOC3(CCN(Cc4ccccn4)CC3)[C@@H]2O)no1. The van der Waals surface area contributed by atoms with Gasteiger partial charge in [-0.05, 0) is 45.2 Å². The van der Waals surface area contributed by atoms with Crippen molar-refractivity contribution in [2.45, 2.75) is 56.9 Å². The second kappa shape index (κ2) is 7.85. The van der Waals surface area contributed by atoms with E-state index in [9.17, 15) is 9.90 Å². The van der Waals surface area contributed by atoms with Crippen LogP contribution in [0.3, 0.4) is 0 Å². The number of aryl methyl sites for hydroxylation is 1. The van der Waals surface area contributed by atoms with Crippen molar-refractivity contribution in [2.75, 3.05) is 19.7 Å². The number of pyridine rings is 1. The minimum Gasteiger partial charge on any atom is -0.388 e. The fourth-order valence-corrected chi connectivity index (χ4v) is 4.42. The molecule has 0 unspecified atom stereocenters. The van der Waals surface area contributed by atoms with Crippen molar-refractivity contribution in [1.29, 1.82) is 0 Å². The molecule has 0 aromatic carbocycles. The Morgan fingerprint density at radius 3 is 2.79 bits per heavy atom. The van der Waals surface area contributed by atoms with Gasteiger partial charge in [-0.3, -0.25) is 14.7 Å². The van der Waals surface area contributed by atoms with Gasteiger partial charge < -0.3 is 19.7 Å². The molecule has 0 saturated carbocycles. The Morgan fingerprint density at radius 2 is 2.14 bits per heavy atom. The van der Waals surface area contributed by atoms with Gasteiger partial charge in [0, 0.05) is 38.5 Å². The molecule has 8 heteroatoms. The van der Waals surface area contributed by atoms with Gasteiger partial charge >= 0.3 is 0 Å². The first-order chi connectivity index (χ1) is 13.9. The van der Waals surface area contributed by atoms with Crippen molar-refractivity contribution in [3.63, 3.8) is 0 Å². The predicted molar refractivity (Wildman–Crippen MR) is 105 cm³/mol. The highest BCUT2D eigenvalue weighted by Gasteiger charge is 2.53. The Bertz CT molecular complexity index is 847. The highest BCUT2D eigenvalue weighted by atomic mass is 16.5. The molecule has 29 heavy (non-hydrogen) atoms. The quantitative estimate of drug-likeness (QED) is 0.805. The van der Waals surface area contributed by atoms with Crippen molar-refractivity contribution < 1.29 is 19.2 Å². The van der Waals surface area contributed by atoms with Crippen molar-refractivity contribution in [3.05, 3.63) is 47.6 Å². The lowest BCUT2D eigenvalue weighted by Gasteiger charge is -2.53. The van der Waals surface area contributed by atoms with Gasteiger partial charge in [-0.25, -0.2) is 0 Å². The normalized spacial score (nSPS) is 27.1. The molecule has 4 heterocycles. The van der Waals surface area contributed by atoms with Crippen LogP contribution in [0.1, 0.15) is 48.1 Å². The van der Waals surface area contributed by atoms with Gasteiger partial charge in [-0.15, -0.1) is 0 Å². The smallest absolute Gasteiger partial charge is 0.273 e. The number of nitrogens with one attached hydrogen (secondary N) is 1. The topological polar surface area (TPSA) is 101 Å². The van der Waals surface area contributed by atoms with Crippen LogP contribution in [0, 0.1) is 6.92 Å². The third-order valence-corrected chi connectivity index (χ3v) is 6.19. The van der Waals surface area contributed by atoms with Crippen molar-refractivity contribution >= 4 is 5.91 Å². The van der Waals surface area contributed by atoms with E-state index in [2.05, 4.69) is 20.4 Å². The van der Waals surface area contributed by atoms with Crippen molar-refractivity contribution in [2.24, 2.45) is 0 Å². The summed E-state index contributed by atoms with van der Waals surface area (Å²) in [6.45, 7) is 6.51. The van der Waals surface area contributed by atoms with Crippen LogP contribution < -0.4 is 5.32 Å². The molecule has 2 aromatic rings. The van der Waals surface area contributed by atoms with Crippen LogP contribution >= 0.6 is 0 Å². The molecule has 2 aliphatic rings. The Hall–Kier alpha value is -2.29. The lowest BCUT2D eigenvalue weighted by molar-refractivity contribution is -0.206. The largest absolute Gasteiger partial charge is 0.388 e. The zero-order valence-corrected chi connectivity index (χ0v) is 16.9. The Labute approximate surface area is 170 Å². The minimum absolute atomic E-state index is 0.224. The molecule has 0 aliphatic carbocycles. The average Bonchev–Trinajstić information content (AvgIpc) is 3.15. The van der Waals surface area contributed by atoms with E-state index in [1.807, 2.05) is 25.1 Å². The van der Waals surface area contributed by atoms with Crippen LogP contribution in [-0.4, -0.2) is 63.0 Å². The fraction of sp³-hybridized carbons (Fsp3) is 0.571. The number of rotatable bonds is 4. The average molecular weight is 400 g/mol. The number of ether oxygens (including phenoxy) is 1. The maximum atomic E-state index is 12.6. The minimum atomic E-state index is -0.808. The third-order valence-electron chi connectivity index (χ3n) is 6.19. The first kappa shape index (κ1) is 20.0. The molecular formula is C21H28N4O4. The summed E-state index contributed by atoms with van der Waals surface area (Å²) in [6, 6.07) is 7.52. The summed E-state index contributed by atoms with van der Waals surface area (Å²) in [7, 11) is 0. The summed E-state index contributed by atoms with van der Waals surface area (Å²) in [4.78, 5) is 19.3. The zero-order chi connectivity index (χ0) is 20.5. The number of hydrogen-bond donors (Lipinski definition) is 2. The highest BCUT2D eigenvalue weighted by molar-refractivity contribution is 5.92. The molecule has 2 N–H and O–H groups in total. The number of nitrogens with zero attached hydrogens (tertiary/aromatic N) is 3. The number of carbonyl (C=O) groups excluding carboxylic acids is 1. The van der Waals surface area contributed by atoms with E-state index in [0.29, 0.717) is 31.6 Å². The lowest BCUT2D eigenvalue weighted by Crippen LogP contribution is -2.69. The predicted octanol–water partition coefficient (Wildman–Crippen LogP) is 1.68. The summed E-state index contributed by atoms with van der Waals surface area (Å²) in [5.41, 5.74) is -0.179. The van der Waals surface area contributed by atoms with Crippen LogP contribution in [0.4, 0.5) is 0 Å². The standard InChI is InChI=1S/C21H28N4O4/c1-15-13-17(24-29-15)18(26)23-20(2)8-12-28-21(19(20)27)6-10-25(11-7-21)14-16-5-3-4-9-22-16/h3-5,9,13,19,27H,6-8,10-12,14H2,1-2H3,(H,23,26)/t19-,20+/m1/s1. The molecule has 156 valence electrons. The number of hydrogen-bond acceptors (Lipinski definition) is 7. The van der Waals surface area contributed by atoms with Crippen molar-refractivity contribution in [3.8, 4) is 0 Å². The molecule has 2 aliphatic heterocycles. The molecule has 2 saturated heterocycles. The molecule has 4 rings (SSSR count). The third kappa shape index (κ3) is 4.05. The highest BCUT2D eigenvalue weighted by Crippen LogP contribution is 2.40. The summed E-state index contributed by atoms with van der Waals surface area (Å²) in [5, 5.41) is 18.0.